The molecule has 2 aliphatic rings. The van der Waals surface area contributed by atoms with Crippen molar-refractivity contribution in [2.24, 2.45) is 0 Å². The third kappa shape index (κ3) is 3.13. The minimum atomic E-state index is -0.145. The summed E-state index contributed by atoms with van der Waals surface area (Å²) in [5.41, 5.74) is 2.63. The van der Waals surface area contributed by atoms with E-state index < -0.39 is 0 Å². The second-order valence-electron chi connectivity index (χ2n) is 7.61. The first-order chi connectivity index (χ1) is 15.8. The molecule has 0 spiro atoms. The molecule has 4 heterocycles. The van der Waals surface area contributed by atoms with E-state index in [-0.39, 0.29) is 6.10 Å². The molecule has 0 fully saturated rings. The van der Waals surface area contributed by atoms with Crippen LogP contribution in [-0.2, 0) is 0 Å². The standard InChI is InChI=1S/C24H20N6O2/c1-15-19-13-30(16-7-3-2-4-8-16)23-18(22(19)29-28-15)12-26-24(27-23)25-11-17-14-31-20-9-5-6-10-21(20)32-17/h2-10,12-13,17,28H,1,11,14H2,(H,25,26,27). The van der Waals surface area contributed by atoms with Crippen LogP contribution in [0.3, 0.4) is 0 Å². The molecule has 0 bridgehead atoms. The van der Waals surface area contributed by atoms with Gasteiger partial charge in [0.15, 0.2) is 17.3 Å². The van der Waals surface area contributed by atoms with Crippen LogP contribution in [0.5, 0.6) is 11.5 Å². The Morgan fingerprint density at radius 2 is 1.91 bits per heavy atom. The van der Waals surface area contributed by atoms with Crippen molar-refractivity contribution < 1.29 is 9.47 Å². The topological polar surface area (TPSA) is 88.2 Å². The van der Waals surface area contributed by atoms with Gasteiger partial charge in [-0.25, -0.2) is 4.98 Å². The molecule has 8 heteroatoms. The van der Waals surface area contributed by atoms with Gasteiger partial charge < -0.3 is 19.7 Å². The van der Waals surface area contributed by atoms with Gasteiger partial charge in [0, 0.05) is 23.3 Å². The van der Waals surface area contributed by atoms with Crippen LogP contribution >= 0.6 is 0 Å². The Kier molecular flexibility index (Phi) is 4.28. The molecule has 0 saturated carbocycles. The molecule has 1 atom stereocenters. The quantitative estimate of drug-likeness (QED) is 0.520. The number of nitrogens with zero attached hydrogens (tertiary/aromatic N) is 4. The Morgan fingerprint density at radius 3 is 2.78 bits per heavy atom. The van der Waals surface area contributed by atoms with Crippen LogP contribution in [0.1, 0.15) is 0 Å². The number of aromatic amines is 1. The number of hydrogen-bond acceptors (Lipinski definition) is 7. The van der Waals surface area contributed by atoms with Crippen LogP contribution in [-0.4, -0.2) is 39.4 Å². The predicted octanol–water partition coefficient (Wildman–Crippen LogP) is 2.42. The summed E-state index contributed by atoms with van der Waals surface area (Å²) in [4.78, 5) is 11.4. The highest BCUT2D eigenvalue weighted by molar-refractivity contribution is 5.87. The summed E-state index contributed by atoms with van der Waals surface area (Å²) in [5, 5.41) is 12.3. The number of hydrogen-bond donors (Lipinski definition) is 2. The summed E-state index contributed by atoms with van der Waals surface area (Å²) < 4.78 is 11.8. The number of para-hydroxylation sites is 3. The Bertz CT molecular complexity index is 1400. The van der Waals surface area contributed by atoms with Crippen LogP contribution < -0.4 is 30.3 Å². The lowest BCUT2D eigenvalue weighted by Gasteiger charge is -2.27. The van der Waals surface area contributed by atoms with Gasteiger partial charge in [0.2, 0.25) is 5.95 Å². The minimum absolute atomic E-state index is 0.145. The van der Waals surface area contributed by atoms with E-state index in [1.807, 2.05) is 65.7 Å². The molecular formula is C24H20N6O2. The molecule has 2 N–H and O–H groups in total. The van der Waals surface area contributed by atoms with Gasteiger partial charge in [-0.1, -0.05) is 36.9 Å². The molecule has 8 nitrogen and oxygen atoms in total. The SMILES string of the molecule is C=c1[nH]nc2c1=CN(c1ccccc1)c1nc(NCC3COc4ccccc4O3)ncc1-2. The van der Waals surface area contributed by atoms with Gasteiger partial charge in [-0.3, -0.25) is 5.10 Å². The first-order valence-corrected chi connectivity index (χ1v) is 10.4. The smallest absolute Gasteiger partial charge is 0.224 e. The highest BCUT2D eigenvalue weighted by atomic mass is 16.6. The molecule has 0 radical (unpaired) electrons. The van der Waals surface area contributed by atoms with Crippen LogP contribution in [0, 0.1) is 0 Å². The number of H-pyrrole nitrogens is 1. The molecule has 4 aromatic rings. The normalized spacial score (nSPS) is 16.0. The summed E-state index contributed by atoms with van der Waals surface area (Å²) in [5.74, 6) is 2.77. The minimum Gasteiger partial charge on any atom is -0.486 e. The van der Waals surface area contributed by atoms with Crippen molar-refractivity contribution in [1.82, 2.24) is 20.2 Å². The van der Waals surface area contributed by atoms with Crippen molar-refractivity contribution in [1.29, 1.82) is 0 Å². The van der Waals surface area contributed by atoms with Crippen LogP contribution in [0.2, 0.25) is 0 Å². The van der Waals surface area contributed by atoms with Crippen molar-refractivity contribution >= 4 is 30.2 Å². The molecule has 2 aromatic heterocycles. The van der Waals surface area contributed by atoms with Gasteiger partial charge in [-0.15, -0.1) is 0 Å². The molecule has 0 amide bonds. The Morgan fingerprint density at radius 1 is 1.09 bits per heavy atom. The summed E-state index contributed by atoms with van der Waals surface area (Å²) in [7, 11) is 0. The first-order valence-electron chi connectivity index (χ1n) is 10.4. The number of nitrogens with one attached hydrogen (secondary N) is 2. The maximum absolute atomic E-state index is 6.03. The predicted molar refractivity (Wildman–Crippen MR) is 122 cm³/mol. The Hall–Kier alpha value is -4.33. The lowest BCUT2D eigenvalue weighted by molar-refractivity contribution is 0.0996. The van der Waals surface area contributed by atoms with Crippen molar-refractivity contribution in [3.05, 3.63) is 71.4 Å². The fraction of sp³-hybridized carbons (Fsp3) is 0.125. The van der Waals surface area contributed by atoms with Crippen LogP contribution in [0.15, 0.2) is 60.8 Å². The highest BCUT2D eigenvalue weighted by Gasteiger charge is 2.25. The molecule has 158 valence electrons. The molecule has 2 aliphatic heterocycles. The van der Waals surface area contributed by atoms with Crippen molar-refractivity contribution in [2.45, 2.75) is 6.10 Å². The zero-order chi connectivity index (χ0) is 21.5. The van der Waals surface area contributed by atoms with Crippen LogP contribution in [0.25, 0.3) is 24.0 Å². The van der Waals surface area contributed by atoms with E-state index in [0.717, 1.165) is 44.8 Å². The number of rotatable bonds is 4. The molecule has 32 heavy (non-hydrogen) atoms. The number of aromatic nitrogens is 4. The van der Waals surface area contributed by atoms with Gasteiger partial charge in [0.25, 0.3) is 0 Å². The molecule has 0 aliphatic carbocycles. The average molecular weight is 424 g/mol. The average Bonchev–Trinajstić information content (AvgIpc) is 3.23. The van der Waals surface area contributed by atoms with E-state index in [9.17, 15) is 0 Å². The largest absolute Gasteiger partial charge is 0.486 e. The Labute approximate surface area is 183 Å². The summed E-state index contributed by atoms with van der Waals surface area (Å²) in [6.07, 6.45) is 3.65. The lowest BCUT2D eigenvalue weighted by atomic mass is 10.1. The van der Waals surface area contributed by atoms with Crippen molar-refractivity contribution in [3.63, 3.8) is 0 Å². The monoisotopic (exact) mass is 424 g/mol. The van der Waals surface area contributed by atoms with E-state index in [2.05, 4.69) is 27.1 Å². The fourth-order valence-electron chi connectivity index (χ4n) is 3.88. The molecule has 6 rings (SSSR count). The van der Waals surface area contributed by atoms with E-state index >= 15 is 0 Å². The third-order valence-corrected chi connectivity index (χ3v) is 5.48. The third-order valence-electron chi connectivity index (χ3n) is 5.48. The second-order valence-corrected chi connectivity index (χ2v) is 7.61. The van der Waals surface area contributed by atoms with Gasteiger partial charge in [0.1, 0.15) is 18.4 Å². The maximum Gasteiger partial charge on any atom is 0.224 e. The summed E-state index contributed by atoms with van der Waals surface area (Å²) in [6, 6.07) is 17.7. The van der Waals surface area contributed by atoms with Gasteiger partial charge in [0.05, 0.1) is 17.5 Å². The van der Waals surface area contributed by atoms with E-state index in [0.29, 0.717) is 19.1 Å². The van der Waals surface area contributed by atoms with Gasteiger partial charge in [-0.2, -0.15) is 10.1 Å². The highest BCUT2D eigenvalue weighted by Crippen LogP contribution is 2.35. The number of ether oxygens (including phenoxy) is 2. The van der Waals surface area contributed by atoms with E-state index in [1.165, 1.54) is 0 Å². The number of fused-ring (bicyclic) bond motifs is 4. The van der Waals surface area contributed by atoms with E-state index in [4.69, 9.17) is 14.5 Å². The van der Waals surface area contributed by atoms with Gasteiger partial charge >= 0.3 is 0 Å². The first kappa shape index (κ1) is 18.4. The zero-order valence-electron chi connectivity index (χ0n) is 17.2. The molecule has 2 aromatic carbocycles. The molecule has 1 unspecified atom stereocenters. The van der Waals surface area contributed by atoms with E-state index in [1.54, 1.807) is 6.20 Å². The maximum atomic E-state index is 6.03. The van der Waals surface area contributed by atoms with Crippen LogP contribution in [0.4, 0.5) is 17.5 Å². The molecular weight excluding hydrogens is 404 g/mol. The van der Waals surface area contributed by atoms with Crippen molar-refractivity contribution in [2.75, 3.05) is 23.4 Å². The van der Waals surface area contributed by atoms with Crippen molar-refractivity contribution in [3.8, 4) is 22.8 Å². The molecule has 0 saturated heterocycles. The zero-order valence-corrected chi connectivity index (χ0v) is 17.2. The lowest BCUT2D eigenvalue weighted by Crippen LogP contribution is -2.35. The fourth-order valence-corrected chi connectivity index (χ4v) is 3.88. The van der Waals surface area contributed by atoms with Gasteiger partial charge in [-0.05, 0) is 24.3 Å². The Balaban J connectivity index is 1.30. The summed E-state index contributed by atoms with van der Waals surface area (Å²) >= 11 is 0. The second kappa shape index (κ2) is 7.42. The summed E-state index contributed by atoms with van der Waals surface area (Å²) in [6.45, 7) is 5.03. The number of anilines is 3. The number of benzene rings is 2.